The number of carbonyl (C=O) groups is 1. The molecule has 0 bridgehead atoms. The Morgan fingerprint density at radius 1 is 1.08 bits per heavy atom. The summed E-state index contributed by atoms with van der Waals surface area (Å²) < 4.78 is 29.0. The third-order valence-electron chi connectivity index (χ3n) is 1.84. The van der Waals surface area contributed by atoms with Gasteiger partial charge in [-0.25, -0.2) is 0 Å². The lowest BCUT2D eigenvalue weighted by Crippen LogP contribution is -2.06. The van der Waals surface area contributed by atoms with Gasteiger partial charge in [-0.2, -0.15) is 13.2 Å². The van der Waals surface area contributed by atoms with Crippen LogP contribution in [0.3, 0.4) is 0 Å². The lowest BCUT2D eigenvalue weighted by Gasteiger charge is -2.14. The molecule has 0 aromatic rings. The molecule has 0 radical (unpaired) electrons. The van der Waals surface area contributed by atoms with Crippen molar-refractivity contribution in [2.45, 2.75) is 38.8 Å². The third kappa shape index (κ3) is 7.57. The first-order chi connectivity index (χ1) is 5.66. The zero-order valence-corrected chi connectivity index (χ0v) is 6.81. The van der Waals surface area contributed by atoms with E-state index < -0.39 is 6.68 Å². The number of hydrogen-bond donors (Lipinski definition) is 0. The largest absolute Gasteiger partial charge is 0.379 e. The highest BCUT2D eigenvalue weighted by Crippen LogP contribution is 2.21. The van der Waals surface area contributed by atoms with Crippen LogP contribution in [0.1, 0.15) is 32.1 Å². The van der Waals surface area contributed by atoms with Crippen LogP contribution in [-0.2, 0) is 4.79 Å². The van der Waals surface area contributed by atoms with Crippen molar-refractivity contribution in [2.75, 3.05) is 0 Å². The molecule has 0 amide bonds. The topological polar surface area (TPSA) is 17.1 Å². The molecule has 1 rings (SSSR count). The van der Waals surface area contributed by atoms with Crippen LogP contribution in [0.25, 0.3) is 0 Å². The quantitative estimate of drug-likeness (QED) is 0.570. The van der Waals surface area contributed by atoms with Gasteiger partial charge < -0.3 is 4.79 Å². The van der Waals surface area contributed by atoms with Crippen LogP contribution in [0, 0.1) is 5.92 Å². The van der Waals surface area contributed by atoms with E-state index in [0.29, 0.717) is 5.92 Å². The molecular formula is C8H13F3O. The van der Waals surface area contributed by atoms with Crippen molar-refractivity contribution in [3.05, 3.63) is 0 Å². The first-order valence-electron chi connectivity index (χ1n) is 4.04. The molecule has 1 aliphatic carbocycles. The molecular weight excluding hydrogens is 169 g/mol. The van der Waals surface area contributed by atoms with E-state index in [9.17, 15) is 18.0 Å². The van der Waals surface area contributed by atoms with Crippen LogP contribution >= 0.6 is 0 Å². The standard InChI is InChI=1S/C7H12O.CHF3/c8-6-7-4-2-1-3-5-7;2-1(3)4/h6-7H,1-5H2;1H. The Bertz CT molecular complexity index is 108. The SMILES string of the molecule is FC(F)F.O=CC1CCCCC1. The Kier molecular flexibility index (Phi) is 6.81. The minimum atomic E-state index is -3.67. The Balaban J connectivity index is 0.000000261. The van der Waals surface area contributed by atoms with Crippen LogP contribution in [0.15, 0.2) is 0 Å². The van der Waals surface area contributed by atoms with Gasteiger partial charge in [0.2, 0.25) is 0 Å². The van der Waals surface area contributed by atoms with E-state index in [1.807, 2.05) is 0 Å². The average molecular weight is 182 g/mol. The second kappa shape index (κ2) is 7.13. The molecule has 1 nitrogen and oxygen atoms in total. The van der Waals surface area contributed by atoms with E-state index in [4.69, 9.17) is 0 Å². The maximum atomic E-state index is 10.2. The van der Waals surface area contributed by atoms with E-state index in [1.54, 1.807) is 0 Å². The predicted molar refractivity (Wildman–Crippen MR) is 39.8 cm³/mol. The van der Waals surface area contributed by atoms with Crippen LogP contribution in [0.5, 0.6) is 0 Å². The molecule has 12 heavy (non-hydrogen) atoms. The molecule has 1 fully saturated rings. The Morgan fingerprint density at radius 2 is 1.50 bits per heavy atom. The Morgan fingerprint density at radius 3 is 1.75 bits per heavy atom. The predicted octanol–water partition coefficient (Wildman–Crippen LogP) is 2.94. The summed E-state index contributed by atoms with van der Waals surface area (Å²) in [5, 5.41) is 0. The summed E-state index contributed by atoms with van der Waals surface area (Å²) in [4.78, 5) is 10.2. The second-order valence-electron chi connectivity index (χ2n) is 2.78. The van der Waals surface area contributed by atoms with Crippen molar-refractivity contribution in [2.24, 2.45) is 5.92 Å². The van der Waals surface area contributed by atoms with E-state index in [-0.39, 0.29) is 0 Å². The van der Waals surface area contributed by atoms with Gasteiger partial charge in [0.05, 0.1) is 0 Å². The molecule has 0 aromatic heterocycles. The van der Waals surface area contributed by atoms with E-state index in [2.05, 4.69) is 0 Å². The molecule has 0 aromatic carbocycles. The van der Waals surface area contributed by atoms with Gasteiger partial charge in [-0.1, -0.05) is 19.3 Å². The number of halogens is 3. The van der Waals surface area contributed by atoms with Gasteiger partial charge in [0.1, 0.15) is 6.29 Å². The minimum absolute atomic E-state index is 0.406. The fourth-order valence-electron chi connectivity index (χ4n) is 1.27. The number of aldehydes is 1. The number of carbonyl (C=O) groups excluding carboxylic acids is 1. The van der Waals surface area contributed by atoms with Gasteiger partial charge >= 0.3 is 6.68 Å². The Labute approximate surface area is 70.0 Å². The highest BCUT2D eigenvalue weighted by atomic mass is 19.4. The van der Waals surface area contributed by atoms with Crippen LogP contribution in [0.2, 0.25) is 0 Å². The number of alkyl halides is 3. The summed E-state index contributed by atoms with van der Waals surface area (Å²) in [5.41, 5.74) is 0. The van der Waals surface area contributed by atoms with Crippen molar-refractivity contribution in [1.29, 1.82) is 0 Å². The van der Waals surface area contributed by atoms with Gasteiger partial charge in [0.15, 0.2) is 0 Å². The summed E-state index contributed by atoms with van der Waals surface area (Å²) in [5.74, 6) is 0.406. The first-order valence-corrected chi connectivity index (χ1v) is 4.04. The maximum absolute atomic E-state index is 10.2. The van der Waals surface area contributed by atoms with Crippen molar-refractivity contribution < 1.29 is 18.0 Å². The normalized spacial score (nSPS) is 18.3. The molecule has 0 aliphatic heterocycles. The molecule has 0 saturated heterocycles. The van der Waals surface area contributed by atoms with Crippen LogP contribution in [0.4, 0.5) is 13.2 Å². The Hall–Kier alpha value is -0.540. The van der Waals surface area contributed by atoms with Gasteiger partial charge in [0, 0.05) is 5.92 Å². The smallest absolute Gasteiger partial charge is 0.303 e. The zero-order valence-electron chi connectivity index (χ0n) is 6.81. The monoisotopic (exact) mass is 182 g/mol. The van der Waals surface area contributed by atoms with Crippen molar-refractivity contribution in [1.82, 2.24) is 0 Å². The summed E-state index contributed by atoms with van der Waals surface area (Å²) in [6.07, 6.45) is 7.27. The third-order valence-corrected chi connectivity index (χ3v) is 1.84. The fourth-order valence-corrected chi connectivity index (χ4v) is 1.27. The first kappa shape index (κ1) is 11.5. The van der Waals surface area contributed by atoms with Gasteiger partial charge in [-0.3, -0.25) is 0 Å². The highest BCUT2D eigenvalue weighted by Gasteiger charge is 2.10. The van der Waals surface area contributed by atoms with Crippen molar-refractivity contribution in [3.63, 3.8) is 0 Å². The number of rotatable bonds is 1. The highest BCUT2D eigenvalue weighted by molar-refractivity contribution is 5.53. The zero-order chi connectivity index (χ0) is 9.40. The molecule has 72 valence electrons. The summed E-state index contributed by atoms with van der Waals surface area (Å²) >= 11 is 0. The molecule has 1 saturated carbocycles. The van der Waals surface area contributed by atoms with Crippen molar-refractivity contribution >= 4 is 6.29 Å². The lowest BCUT2D eigenvalue weighted by molar-refractivity contribution is -0.111. The molecule has 0 unspecified atom stereocenters. The number of hydrogen-bond acceptors (Lipinski definition) is 1. The molecule has 0 spiro atoms. The van der Waals surface area contributed by atoms with Gasteiger partial charge in [-0.05, 0) is 12.8 Å². The van der Waals surface area contributed by atoms with E-state index >= 15 is 0 Å². The van der Waals surface area contributed by atoms with Gasteiger partial charge in [-0.15, -0.1) is 0 Å². The fraction of sp³-hybridized carbons (Fsp3) is 0.875. The summed E-state index contributed by atoms with van der Waals surface area (Å²) in [7, 11) is 0. The summed E-state index contributed by atoms with van der Waals surface area (Å²) in [6.45, 7) is -3.67. The molecule has 0 N–H and O–H groups in total. The van der Waals surface area contributed by atoms with Gasteiger partial charge in [0.25, 0.3) is 0 Å². The second-order valence-corrected chi connectivity index (χ2v) is 2.78. The van der Waals surface area contributed by atoms with E-state index in [1.165, 1.54) is 19.3 Å². The molecule has 1 aliphatic rings. The van der Waals surface area contributed by atoms with Crippen molar-refractivity contribution in [3.8, 4) is 0 Å². The van der Waals surface area contributed by atoms with Crippen LogP contribution < -0.4 is 0 Å². The molecule has 0 heterocycles. The average Bonchev–Trinajstić information content (AvgIpc) is 2.05. The maximum Gasteiger partial charge on any atom is 0.379 e. The lowest BCUT2D eigenvalue weighted by atomic mass is 9.91. The van der Waals surface area contributed by atoms with E-state index in [0.717, 1.165) is 19.1 Å². The minimum Gasteiger partial charge on any atom is -0.303 e. The van der Waals surface area contributed by atoms with Crippen LogP contribution in [-0.4, -0.2) is 13.0 Å². The molecule has 0 atom stereocenters. The summed E-state index contributed by atoms with van der Waals surface area (Å²) in [6, 6.07) is 0. The molecule has 4 heteroatoms.